The molecular weight excluding hydrogens is 356 g/mol. The Balaban J connectivity index is 1.92. The number of rotatable bonds is 6. The third-order valence-corrected chi connectivity index (χ3v) is 4.14. The van der Waals surface area contributed by atoms with E-state index in [0.717, 1.165) is 4.90 Å². The Morgan fingerprint density at radius 1 is 1.08 bits per heavy atom. The number of nitrogens with one attached hydrogen (secondary N) is 1. The fourth-order valence-electron chi connectivity index (χ4n) is 2.58. The molecule has 0 atom stereocenters. The molecule has 7 heteroatoms. The van der Waals surface area contributed by atoms with Gasteiger partial charge >= 0.3 is 0 Å². The second kappa shape index (κ2) is 7.49. The molecule has 0 saturated carbocycles. The molecule has 3 rings (SSSR count). The topological polar surface area (TPSA) is 67.9 Å². The third-order valence-electron chi connectivity index (χ3n) is 3.79. The van der Waals surface area contributed by atoms with Gasteiger partial charge in [-0.1, -0.05) is 29.8 Å². The van der Waals surface area contributed by atoms with Crippen LogP contribution in [0.25, 0.3) is 0 Å². The quantitative estimate of drug-likeness (QED) is 0.786. The van der Waals surface area contributed by atoms with E-state index in [1.165, 1.54) is 7.11 Å². The first-order chi connectivity index (χ1) is 12.6. The van der Waals surface area contributed by atoms with Crippen molar-refractivity contribution in [2.75, 3.05) is 23.9 Å². The van der Waals surface area contributed by atoms with Gasteiger partial charge in [0.15, 0.2) is 0 Å². The lowest BCUT2D eigenvalue weighted by atomic mass is 10.2. The number of carbonyl (C=O) groups is 2. The lowest BCUT2D eigenvalue weighted by molar-refractivity contribution is -0.120. The highest BCUT2D eigenvalue weighted by atomic mass is 35.5. The Hall–Kier alpha value is -2.99. The Kier molecular flexibility index (Phi) is 5.14. The van der Waals surface area contributed by atoms with Crippen molar-refractivity contribution in [2.24, 2.45) is 0 Å². The summed E-state index contributed by atoms with van der Waals surface area (Å²) in [5.41, 5.74) is 0.940. The average molecular weight is 373 g/mol. The summed E-state index contributed by atoms with van der Waals surface area (Å²) in [5, 5.41) is 2.76. The van der Waals surface area contributed by atoms with Crippen LogP contribution in [0.2, 0.25) is 0 Å². The molecular formula is C19H17ClN2O4. The molecule has 1 aliphatic rings. The van der Waals surface area contributed by atoms with E-state index >= 15 is 0 Å². The molecule has 26 heavy (non-hydrogen) atoms. The van der Waals surface area contributed by atoms with Crippen molar-refractivity contribution < 1.29 is 19.1 Å². The number of halogens is 1. The van der Waals surface area contributed by atoms with Crippen LogP contribution in [0.3, 0.4) is 0 Å². The molecule has 1 heterocycles. The number of carbonyl (C=O) groups excluding carboxylic acids is 2. The molecule has 134 valence electrons. The maximum Gasteiger partial charge on any atom is 0.283 e. The number of hydrogen-bond donors (Lipinski definition) is 1. The number of imide groups is 1. The van der Waals surface area contributed by atoms with Crippen LogP contribution in [0.15, 0.2) is 59.3 Å². The van der Waals surface area contributed by atoms with Gasteiger partial charge in [-0.25, -0.2) is 4.90 Å². The standard InChI is InChI=1S/C19H17ClN2O4/c1-3-26-15-10-5-4-9-14(15)21-17-16(20)18(23)22(19(17)24)12-7-6-8-13(11-12)25-2/h4-11,21H,3H2,1-2H3. The van der Waals surface area contributed by atoms with E-state index in [1.807, 2.05) is 13.0 Å². The van der Waals surface area contributed by atoms with E-state index in [9.17, 15) is 9.59 Å². The van der Waals surface area contributed by atoms with Crippen molar-refractivity contribution >= 4 is 34.8 Å². The van der Waals surface area contributed by atoms with Gasteiger partial charge in [0.2, 0.25) is 0 Å². The molecule has 1 aliphatic heterocycles. The number of benzene rings is 2. The Bertz CT molecular complexity index is 895. The van der Waals surface area contributed by atoms with Gasteiger partial charge < -0.3 is 14.8 Å². The van der Waals surface area contributed by atoms with Gasteiger partial charge in [0.1, 0.15) is 22.2 Å². The number of nitrogens with zero attached hydrogens (tertiary/aromatic N) is 1. The van der Waals surface area contributed by atoms with Crippen LogP contribution in [0, 0.1) is 0 Å². The predicted octanol–water partition coefficient (Wildman–Crippen LogP) is 3.53. The van der Waals surface area contributed by atoms with Crippen molar-refractivity contribution in [2.45, 2.75) is 6.92 Å². The third kappa shape index (κ3) is 3.23. The van der Waals surface area contributed by atoms with Crippen molar-refractivity contribution in [3.05, 3.63) is 59.3 Å². The molecule has 2 aromatic carbocycles. The van der Waals surface area contributed by atoms with Crippen molar-refractivity contribution in [3.8, 4) is 11.5 Å². The van der Waals surface area contributed by atoms with E-state index in [0.29, 0.717) is 29.5 Å². The molecule has 0 radical (unpaired) electrons. The average Bonchev–Trinajstić information content (AvgIpc) is 2.87. The van der Waals surface area contributed by atoms with E-state index < -0.39 is 11.8 Å². The molecule has 0 spiro atoms. The van der Waals surface area contributed by atoms with E-state index in [-0.39, 0.29) is 10.7 Å². The number of ether oxygens (including phenoxy) is 2. The number of para-hydroxylation sites is 2. The van der Waals surface area contributed by atoms with Crippen molar-refractivity contribution in [3.63, 3.8) is 0 Å². The smallest absolute Gasteiger partial charge is 0.283 e. The SMILES string of the molecule is CCOc1ccccc1NC1=C(Cl)C(=O)N(c2cccc(OC)c2)C1=O. The van der Waals surface area contributed by atoms with Gasteiger partial charge in [-0.05, 0) is 31.2 Å². The molecule has 0 unspecified atom stereocenters. The number of hydrogen-bond acceptors (Lipinski definition) is 5. The largest absolute Gasteiger partial charge is 0.497 e. The highest BCUT2D eigenvalue weighted by Crippen LogP contribution is 2.33. The van der Waals surface area contributed by atoms with Gasteiger partial charge in [-0.15, -0.1) is 0 Å². The fraction of sp³-hybridized carbons (Fsp3) is 0.158. The summed E-state index contributed by atoms with van der Waals surface area (Å²) in [6.07, 6.45) is 0. The molecule has 2 amide bonds. The molecule has 6 nitrogen and oxygen atoms in total. The lowest BCUT2D eigenvalue weighted by Gasteiger charge is -2.16. The number of methoxy groups -OCH3 is 1. The van der Waals surface area contributed by atoms with Crippen molar-refractivity contribution in [1.29, 1.82) is 0 Å². The summed E-state index contributed by atoms with van der Waals surface area (Å²) >= 11 is 6.15. The fourth-order valence-corrected chi connectivity index (χ4v) is 2.79. The Labute approximate surface area is 156 Å². The summed E-state index contributed by atoms with van der Waals surface area (Å²) in [5.74, 6) is -0.0461. The van der Waals surface area contributed by atoms with Gasteiger partial charge in [-0.2, -0.15) is 0 Å². The molecule has 0 aliphatic carbocycles. The monoisotopic (exact) mass is 372 g/mol. The normalized spacial score (nSPS) is 14.0. The van der Waals surface area contributed by atoms with Gasteiger partial charge in [0.25, 0.3) is 11.8 Å². The van der Waals surface area contributed by atoms with Crippen LogP contribution < -0.4 is 19.7 Å². The molecule has 2 aromatic rings. The van der Waals surface area contributed by atoms with Crippen LogP contribution >= 0.6 is 11.6 Å². The predicted molar refractivity (Wildman–Crippen MR) is 99.6 cm³/mol. The minimum absolute atomic E-state index is 0.00615. The van der Waals surface area contributed by atoms with E-state index in [4.69, 9.17) is 21.1 Å². The zero-order chi connectivity index (χ0) is 18.7. The molecule has 0 saturated heterocycles. The first-order valence-corrected chi connectivity index (χ1v) is 8.36. The molecule has 0 aromatic heterocycles. The van der Waals surface area contributed by atoms with Gasteiger partial charge in [-0.3, -0.25) is 9.59 Å². The van der Waals surface area contributed by atoms with Crippen LogP contribution in [0.1, 0.15) is 6.92 Å². The second-order valence-corrected chi connectivity index (χ2v) is 5.77. The summed E-state index contributed by atoms with van der Waals surface area (Å²) in [6, 6.07) is 13.8. The summed E-state index contributed by atoms with van der Waals surface area (Å²) < 4.78 is 10.7. The first-order valence-electron chi connectivity index (χ1n) is 7.98. The highest BCUT2D eigenvalue weighted by molar-refractivity contribution is 6.53. The molecule has 0 fully saturated rings. The zero-order valence-corrected chi connectivity index (χ0v) is 15.0. The second-order valence-electron chi connectivity index (χ2n) is 5.39. The molecule has 0 bridgehead atoms. The summed E-state index contributed by atoms with van der Waals surface area (Å²) in [7, 11) is 1.51. The maximum atomic E-state index is 12.8. The Morgan fingerprint density at radius 3 is 2.58 bits per heavy atom. The first kappa shape index (κ1) is 17.8. The maximum absolute atomic E-state index is 12.8. The van der Waals surface area contributed by atoms with Crippen LogP contribution in [-0.4, -0.2) is 25.5 Å². The number of anilines is 2. The number of amides is 2. The zero-order valence-electron chi connectivity index (χ0n) is 14.3. The van der Waals surface area contributed by atoms with E-state index in [1.54, 1.807) is 42.5 Å². The summed E-state index contributed by atoms with van der Waals surface area (Å²) in [6.45, 7) is 2.33. The Morgan fingerprint density at radius 2 is 1.85 bits per heavy atom. The van der Waals surface area contributed by atoms with Gasteiger partial charge in [0.05, 0.1) is 25.1 Å². The molecule has 1 N–H and O–H groups in total. The van der Waals surface area contributed by atoms with Gasteiger partial charge in [0, 0.05) is 6.07 Å². The van der Waals surface area contributed by atoms with E-state index in [2.05, 4.69) is 5.32 Å². The van der Waals surface area contributed by atoms with Crippen LogP contribution in [0.4, 0.5) is 11.4 Å². The summed E-state index contributed by atoms with van der Waals surface area (Å²) in [4.78, 5) is 26.4. The highest BCUT2D eigenvalue weighted by Gasteiger charge is 2.39. The van der Waals surface area contributed by atoms with Crippen LogP contribution in [0.5, 0.6) is 11.5 Å². The van der Waals surface area contributed by atoms with Crippen molar-refractivity contribution in [1.82, 2.24) is 0 Å². The minimum atomic E-state index is -0.596. The van der Waals surface area contributed by atoms with Crippen LogP contribution in [-0.2, 0) is 9.59 Å². The lowest BCUT2D eigenvalue weighted by Crippen LogP contribution is -2.32. The minimum Gasteiger partial charge on any atom is -0.497 e.